The van der Waals surface area contributed by atoms with Crippen LogP contribution in [-0.4, -0.2) is 54.3 Å². The molecule has 1 heterocycles. The summed E-state index contributed by atoms with van der Waals surface area (Å²) in [7, 11) is 1.30. The van der Waals surface area contributed by atoms with Gasteiger partial charge in [0.15, 0.2) is 0 Å². The van der Waals surface area contributed by atoms with Gasteiger partial charge < -0.3 is 20.5 Å². The highest BCUT2D eigenvalue weighted by atomic mass is 16.7. The molecule has 0 saturated carbocycles. The van der Waals surface area contributed by atoms with E-state index < -0.39 is 53.5 Å². The fraction of sp³-hybridized carbons (Fsp3) is 0.516. The first kappa shape index (κ1) is 31.3. The molecule has 1 amide bonds. The number of nitrogens with one attached hydrogen (secondary N) is 1. The van der Waals surface area contributed by atoms with E-state index in [0.717, 1.165) is 11.1 Å². The Morgan fingerprint density at radius 3 is 2.20 bits per heavy atom. The maximum atomic E-state index is 13.9. The van der Waals surface area contributed by atoms with Crippen molar-refractivity contribution in [3.63, 3.8) is 0 Å². The van der Waals surface area contributed by atoms with Crippen LogP contribution < -0.4 is 11.1 Å². The molecule has 0 bridgehead atoms. The minimum absolute atomic E-state index is 0.161. The molecule has 3 rings (SSSR count). The normalized spacial score (nSPS) is 20.7. The number of carbonyl (C=O) groups is 3. The molecule has 9 nitrogen and oxygen atoms in total. The first-order chi connectivity index (χ1) is 18.9. The van der Waals surface area contributed by atoms with Crippen molar-refractivity contribution < 1.29 is 28.7 Å². The molecule has 0 aliphatic carbocycles. The largest absolute Gasteiger partial charge is 0.467 e. The molecule has 2 aromatic carbocycles. The zero-order valence-corrected chi connectivity index (χ0v) is 24.3. The van der Waals surface area contributed by atoms with Crippen LogP contribution in [0.25, 0.3) is 0 Å². The summed E-state index contributed by atoms with van der Waals surface area (Å²) in [6.45, 7) is 9.75. The number of benzene rings is 2. The lowest BCUT2D eigenvalue weighted by molar-refractivity contribution is -0.191. The van der Waals surface area contributed by atoms with E-state index in [2.05, 4.69) is 5.32 Å². The smallest absolute Gasteiger partial charge is 0.328 e. The number of nitrogens with two attached hydrogens (primary N) is 1. The minimum Gasteiger partial charge on any atom is -0.467 e. The zero-order chi connectivity index (χ0) is 29.4. The van der Waals surface area contributed by atoms with E-state index in [1.54, 1.807) is 25.8 Å². The molecule has 0 aromatic heterocycles. The van der Waals surface area contributed by atoms with Gasteiger partial charge in [-0.1, -0.05) is 80.9 Å². The predicted molar refractivity (Wildman–Crippen MR) is 151 cm³/mol. The second-order valence-electron chi connectivity index (χ2n) is 11.4. The Balaban J connectivity index is 2.00. The van der Waals surface area contributed by atoms with Crippen molar-refractivity contribution in [3.05, 3.63) is 71.8 Å². The van der Waals surface area contributed by atoms with Crippen molar-refractivity contribution in [1.82, 2.24) is 10.4 Å². The number of hydrogen-bond donors (Lipinski definition) is 2. The van der Waals surface area contributed by atoms with Gasteiger partial charge in [0.2, 0.25) is 5.91 Å². The Hall–Kier alpha value is -3.27. The van der Waals surface area contributed by atoms with E-state index in [1.807, 2.05) is 74.5 Å². The fourth-order valence-corrected chi connectivity index (χ4v) is 4.84. The Kier molecular flexibility index (Phi) is 10.8. The van der Waals surface area contributed by atoms with Gasteiger partial charge in [-0.15, -0.1) is 0 Å². The van der Waals surface area contributed by atoms with E-state index in [1.165, 1.54) is 7.11 Å². The average molecular weight is 554 g/mol. The summed E-state index contributed by atoms with van der Waals surface area (Å²) < 4.78 is 10.8. The summed E-state index contributed by atoms with van der Waals surface area (Å²) in [5.41, 5.74) is 7.65. The Morgan fingerprint density at radius 1 is 1.05 bits per heavy atom. The second kappa shape index (κ2) is 13.9. The van der Waals surface area contributed by atoms with Crippen LogP contribution >= 0.6 is 0 Å². The molecule has 1 saturated heterocycles. The van der Waals surface area contributed by atoms with Gasteiger partial charge in [0.05, 0.1) is 13.0 Å². The molecule has 218 valence electrons. The van der Waals surface area contributed by atoms with Crippen LogP contribution in [0.3, 0.4) is 0 Å². The number of nitrogens with zero attached hydrogens (tertiary/aromatic N) is 1. The number of hydrogen-bond acceptors (Lipinski definition) is 8. The number of hydroxylamine groups is 2. The van der Waals surface area contributed by atoms with Crippen molar-refractivity contribution >= 4 is 17.8 Å². The third-order valence-corrected chi connectivity index (χ3v) is 7.18. The summed E-state index contributed by atoms with van der Waals surface area (Å²) in [4.78, 5) is 46.5. The van der Waals surface area contributed by atoms with Crippen LogP contribution in [0, 0.1) is 17.8 Å². The van der Waals surface area contributed by atoms with Gasteiger partial charge in [-0.2, -0.15) is 5.06 Å². The standard InChI is InChI=1S/C31H43N3O6/c1-7-20(2)26(30(37)38-6)33-28(35)23-19-34(18-21-14-10-8-11-15-21)40-27(23)24(29(36)39-31(3,4)5)25(32)22-16-12-9-13-17-22/h8-17,20,23-27H,7,18-19,32H2,1-6H3,(H,33,35)/t20-,23?,24-,25?,26-,27?/m0/s1. The number of ether oxygens (including phenoxy) is 2. The summed E-state index contributed by atoms with van der Waals surface area (Å²) in [5.74, 6) is -3.47. The highest BCUT2D eigenvalue weighted by molar-refractivity contribution is 5.87. The maximum absolute atomic E-state index is 13.9. The van der Waals surface area contributed by atoms with Crippen molar-refractivity contribution in [3.8, 4) is 0 Å². The van der Waals surface area contributed by atoms with Crippen LogP contribution in [0.1, 0.15) is 58.2 Å². The average Bonchev–Trinajstić information content (AvgIpc) is 3.33. The van der Waals surface area contributed by atoms with Crippen LogP contribution in [0.4, 0.5) is 0 Å². The molecule has 1 fully saturated rings. The van der Waals surface area contributed by atoms with Gasteiger partial charge in [-0.25, -0.2) is 4.79 Å². The predicted octanol–water partition coefficient (Wildman–Crippen LogP) is 3.78. The van der Waals surface area contributed by atoms with Crippen molar-refractivity contribution in [2.45, 2.75) is 71.4 Å². The van der Waals surface area contributed by atoms with E-state index >= 15 is 0 Å². The van der Waals surface area contributed by atoms with E-state index in [0.29, 0.717) is 13.0 Å². The summed E-state index contributed by atoms with van der Waals surface area (Å²) in [6, 6.07) is 17.3. The summed E-state index contributed by atoms with van der Waals surface area (Å²) in [5, 5.41) is 4.56. The monoisotopic (exact) mass is 553 g/mol. The molecule has 0 radical (unpaired) electrons. The molecular weight excluding hydrogens is 510 g/mol. The third-order valence-electron chi connectivity index (χ3n) is 7.18. The first-order valence-corrected chi connectivity index (χ1v) is 13.8. The number of methoxy groups -OCH3 is 1. The Morgan fingerprint density at radius 2 is 1.65 bits per heavy atom. The molecular formula is C31H43N3O6. The molecule has 40 heavy (non-hydrogen) atoms. The molecule has 1 aliphatic rings. The molecule has 3 N–H and O–H groups in total. The first-order valence-electron chi connectivity index (χ1n) is 13.8. The minimum atomic E-state index is -1.00. The summed E-state index contributed by atoms with van der Waals surface area (Å²) in [6.07, 6.45) is -0.284. The molecule has 9 heteroatoms. The van der Waals surface area contributed by atoms with Crippen molar-refractivity contribution in [2.24, 2.45) is 23.5 Å². The fourth-order valence-electron chi connectivity index (χ4n) is 4.84. The molecule has 2 aromatic rings. The number of rotatable bonds is 11. The molecule has 6 atom stereocenters. The lowest BCUT2D eigenvalue weighted by Gasteiger charge is -2.33. The van der Waals surface area contributed by atoms with Crippen LogP contribution in [0.2, 0.25) is 0 Å². The second-order valence-corrected chi connectivity index (χ2v) is 11.4. The van der Waals surface area contributed by atoms with Crippen molar-refractivity contribution in [2.75, 3.05) is 13.7 Å². The lowest BCUT2D eigenvalue weighted by atomic mass is 9.82. The van der Waals surface area contributed by atoms with Gasteiger partial charge in [-0.05, 0) is 37.8 Å². The van der Waals surface area contributed by atoms with Gasteiger partial charge >= 0.3 is 11.9 Å². The Labute approximate surface area is 237 Å². The number of esters is 2. The highest BCUT2D eigenvalue weighted by Gasteiger charge is 2.50. The van der Waals surface area contributed by atoms with E-state index in [9.17, 15) is 14.4 Å². The van der Waals surface area contributed by atoms with E-state index in [4.69, 9.17) is 20.0 Å². The van der Waals surface area contributed by atoms with Crippen LogP contribution in [0.15, 0.2) is 60.7 Å². The number of amides is 1. The number of carbonyl (C=O) groups excluding carboxylic acids is 3. The highest BCUT2D eigenvalue weighted by Crippen LogP contribution is 2.36. The van der Waals surface area contributed by atoms with Gasteiger partial charge in [0.25, 0.3) is 0 Å². The topological polar surface area (TPSA) is 120 Å². The van der Waals surface area contributed by atoms with Crippen LogP contribution in [0.5, 0.6) is 0 Å². The molecule has 3 unspecified atom stereocenters. The molecule has 0 spiro atoms. The maximum Gasteiger partial charge on any atom is 0.328 e. The van der Waals surface area contributed by atoms with Crippen LogP contribution in [-0.2, 0) is 35.2 Å². The Bertz CT molecular complexity index is 1120. The van der Waals surface area contributed by atoms with E-state index in [-0.39, 0.29) is 12.5 Å². The summed E-state index contributed by atoms with van der Waals surface area (Å²) >= 11 is 0. The van der Waals surface area contributed by atoms with Gasteiger partial charge in [0, 0.05) is 19.1 Å². The van der Waals surface area contributed by atoms with Crippen molar-refractivity contribution in [1.29, 1.82) is 0 Å². The quantitative estimate of drug-likeness (QED) is 0.404. The van der Waals surface area contributed by atoms with Gasteiger partial charge in [-0.3, -0.25) is 14.4 Å². The lowest BCUT2D eigenvalue weighted by Crippen LogP contribution is -2.52. The van der Waals surface area contributed by atoms with Gasteiger partial charge in [0.1, 0.15) is 23.7 Å². The molecule has 1 aliphatic heterocycles. The SMILES string of the molecule is CC[C@H](C)[C@H](NC(=O)C1CN(Cc2ccccc2)OC1[C@@H](C(=O)OC(C)(C)C)C(N)c1ccccc1)C(=O)OC. The zero-order valence-electron chi connectivity index (χ0n) is 24.3. The third kappa shape index (κ3) is 8.13.